The molecule has 1 atom stereocenters. The zero-order chi connectivity index (χ0) is 13.2. The highest BCUT2D eigenvalue weighted by Crippen LogP contribution is 2.29. The number of aromatic nitrogens is 2. The number of halogens is 1. The van der Waals surface area contributed by atoms with Crippen molar-refractivity contribution in [3.63, 3.8) is 0 Å². The lowest BCUT2D eigenvalue weighted by atomic mass is 10.0. The van der Waals surface area contributed by atoms with Crippen molar-refractivity contribution in [1.82, 2.24) is 9.97 Å². The Labute approximate surface area is 116 Å². The van der Waals surface area contributed by atoms with Gasteiger partial charge in [-0.1, -0.05) is 0 Å². The molecule has 1 aliphatic heterocycles. The van der Waals surface area contributed by atoms with Crippen LogP contribution in [0.4, 0.5) is 5.82 Å². The third kappa shape index (κ3) is 3.41. The maximum absolute atomic E-state index is 11.5. The number of hydrogen-bond donors (Lipinski definition) is 0. The monoisotopic (exact) mass is 333 g/mol. The normalized spacial score (nSPS) is 21.0. The molecule has 0 aliphatic carbocycles. The van der Waals surface area contributed by atoms with Crippen LogP contribution in [0.2, 0.25) is 0 Å². The van der Waals surface area contributed by atoms with Gasteiger partial charge in [-0.05, 0) is 35.2 Å². The van der Waals surface area contributed by atoms with Crippen molar-refractivity contribution < 1.29 is 8.42 Å². The maximum Gasteiger partial charge on any atom is 0.149 e. The summed E-state index contributed by atoms with van der Waals surface area (Å²) in [6, 6.07) is 0.0138. The molecular weight excluding hydrogens is 318 g/mol. The van der Waals surface area contributed by atoms with E-state index >= 15 is 0 Å². The topological polar surface area (TPSA) is 63.2 Å². The number of nitrogens with zero attached hydrogens (tertiary/aromatic N) is 3. The summed E-state index contributed by atoms with van der Waals surface area (Å²) in [6.45, 7) is 0.843. The van der Waals surface area contributed by atoms with Crippen LogP contribution in [0.15, 0.2) is 17.0 Å². The van der Waals surface area contributed by atoms with Crippen molar-refractivity contribution >= 4 is 31.6 Å². The first kappa shape index (κ1) is 13.7. The molecule has 5 nitrogen and oxygen atoms in total. The van der Waals surface area contributed by atoms with Crippen LogP contribution in [0, 0.1) is 0 Å². The lowest BCUT2D eigenvalue weighted by molar-refractivity contribution is 0.477. The highest BCUT2D eigenvalue weighted by Gasteiger charge is 2.27. The van der Waals surface area contributed by atoms with Crippen molar-refractivity contribution in [2.75, 3.05) is 23.5 Å². The Hall–Kier alpha value is -0.690. The minimum Gasteiger partial charge on any atom is -0.352 e. The summed E-state index contributed by atoms with van der Waals surface area (Å²) >= 11 is 3.42. The van der Waals surface area contributed by atoms with Gasteiger partial charge in [-0.3, -0.25) is 0 Å². The molecule has 100 valence electrons. The van der Waals surface area contributed by atoms with Crippen LogP contribution < -0.4 is 4.90 Å². The quantitative estimate of drug-likeness (QED) is 0.841. The zero-order valence-electron chi connectivity index (χ0n) is 10.2. The smallest absolute Gasteiger partial charge is 0.149 e. The SMILES string of the molecule is CS(=O)(=O)CC1CCCCN1c1ncncc1Br. The van der Waals surface area contributed by atoms with Crippen LogP contribution >= 0.6 is 15.9 Å². The molecule has 0 radical (unpaired) electrons. The van der Waals surface area contributed by atoms with Gasteiger partial charge in [0.1, 0.15) is 22.0 Å². The van der Waals surface area contributed by atoms with Gasteiger partial charge in [0.05, 0.1) is 10.2 Å². The summed E-state index contributed by atoms with van der Waals surface area (Å²) in [5.41, 5.74) is 0. The van der Waals surface area contributed by atoms with E-state index in [1.165, 1.54) is 12.6 Å². The Balaban J connectivity index is 2.26. The average Bonchev–Trinajstić information content (AvgIpc) is 2.29. The second-order valence-electron chi connectivity index (χ2n) is 4.63. The molecule has 18 heavy (non-hydrogen) atoms. The van der Waals surface area contributed by atoms with Gasteiger partial charge in [0.25, 0.3) is 0 Å². The van der Waals surface area contributed by atoms with Crippen molar-refractivity contribution in [3.05, 3.63) is 17.0 Å². The van der Waals surface area contributed by atoms with E-state index in [9.17, 15) is 8.42 Å². The fourth-order valence-electron chi connectivity index (χ4n) is 2.32. The number of anilines is 1. The van der Waals surface area contributed by atoms with Gasteiger partial charge in [0.15, 0.2) is 0 Å². The second kappa shape index (κ2) is 5.52. The van der Waals surface area contributed by atoms with Gasteiger partial charge >= 0.3 is 0 Å². The van der Waals surface area contributed by atoms with Crippen LogP contribution in [0.1, 0.15) is 19.3 Å². The number of rotatable bonds is 3. The Morgan fingerprint density at radius 1 is 1.50 bits per heavy atom. The van der Waals surface area contributed by atoms with Crippen LogP contribution in [0.5, 0.6) is 0 Å². The molecule has 0 amide bonds. The lowest BCUT2D eigenvalue weighted by Crippen LogP contribution is -2.44. The van der Waals surface area contributed by atoms with E-state index in [0.29, 0.717) is 0 Å². The lowest BCUT2D eigenvalue weighted by Gasteiger charge is -2.36. The average molecular weight is 334 g/mol. The van der Waals surface area contributed by atoms with E-state index in [0.717, 1.165) is 36.1 Å². The first-order valence-corrected chi connectivity index (χ1v) is 8.72. The minimum atomic E-state index is -2.98. The van der Waals surface area contributed by atoms with E-state index in [1.54, 1.807) is 6.20 Å². The van der Waals surface area contributed by atoms with Gasteiger partial charge in [0, 0.05) is 25.0 Å². The molecule has 1 aromatic heterocycles. The van der Waals surface area contributed by atoms with Gasteiger partial charge < -0.3 is 4.90 Å². The highest BCUT2D eigenvalue weighted by molar-refractivity contribution is 9.10. The molecule has 7 heteroatoms. The van der Waals surface area contributed by atoms with Gasteiger partial charge in [-0.25, -0.2) is 18.4 Å². The molecule has 0 saturated carbocycles. The summed E-state index contributed by atoms with van der Waals surface area (Å²) < 4.78 is 23.8. The van der Waals surface area contributed by atoms with Gasteiger partial charge in [-0.15, -0.1) is 0 Å². The summed E-state index contributed by atoms with van der Waals surface area (Å²) in [4.78, 5) is 10.3. The third-order valence-electron chi connectivity index (χ3n) is 3.04. The molecule has 0 bridgehead atoms. The Morgan fingerprint density at radius 3 is 2.94 bits per heavy atom. The fraction of sp³-hybridized carbons (Fsp3) is 0.636. The first-order valence-electron chi connectivity index (χ1n) is 5.87. The highest BCUT2D eigenvalue weighted by atomic mass is 79.9. The van der Waals surface area contributed by atoms with Crippen molar-refractivity contribution in [2.45, 2.75) is 25.3 Å². The first-order chi connectivity index (χ1) is 8.47. The predicted molar refractivity (Wildman–Crippen MR) is 74.4 cm³/mol. The molecule has 0 spiro atoms. The zero-order valence-corrected chi connectivity index (χ0v) is 12.6. The van der Waals surface area contributed by atoms with Crippen LogP contribution in [-0.4, -0.2) is 43.0 Å². The molecule has 1 unspecified atom stereocenters. The molecular formula is C11H16BrN3O2S. The fourth-order valence-corrected chi connectivity index (χ4v) is 3.81. The Morgan fingerprint density at radius 2 is 2.28 bits per heavy atom. The number of sulfone groups is 1. The van der Waals surface area contributed by atoms with Gasteiger partial charge in [0.2, 0.25) is 0 Å². The second-order valence-corrected chi connectivity index (χ2v) is 7.67. The largest absolute Gasteiger partial charge is 0.352 e. The number of hydrogen-bond acceptors (Lipinski definition) is 5. The van der Waals surface area contributed by atoms with E-state index in [1.807, 2.05) is 0 Å². The van der Waals surface area contributed by atoms with E-state index in [4.69, 9.17) is 0 Å². The Kier molecular flexibility index (Phi) is 4.21. The molecule has 1 saturated heterocycles. The summed E-state index contributed by atoms with van der Waals surface area (Å²) in [5.74, 6) is 0.974. The Bertz CT molecular complexity index is 521. The standard InChI is InChI=1S/C11H16BrN3O2S/c1-18(16,17)7-9-4-2-3-5-15(9)11-10(12)6-13-8-14-11/h6,8-9H,2-5,7H2,1H3. The summed E-state index contributed by atoms with van der Waals surface area (Å²) in [5, 5.41) is 0. The predicted octanol–water partition coefficient (Wildman–Crippen LogP) is 1.64. The third-order valence-corrected chi connectivity index (χ3v) is 4.59. The molecule has 0 aromatic carbocycles. The van der Waals surface area contributed by atoms with Crippen LogP contribution in [0.3, 0.4) is 0 Å². The molecule has 1 aliphatic rings. The van der Waals surface area contributed by atoms with E-state index in [2.05, 4.69) is 30.8 Å². The van der Waals surface area contributed by atoms with Crippen molar-refractivity contribution in [3.8, 4) is 0 Å². The van der Waals surface area contributed by atoms with E-state index < -0.39 is 9.84 Å². The summed E-state index contributed by atoms with van der Waals surface area (Å²) in [7, 11) is -2.98. The summed E-state index contributed by atoms with van der Waals surface area (Å²) in [6.07, 6.45) is 7.50. The maximum atomic E-state index is 11.5. The van der Waals surface area contributed by atoms with Crippen molar-refractivity contribution in [1.29, 1.82) is 0 Å². The van der Waals surface area contributed by atoms with E-state index in [-0.39, 0.29) is 11.8 Å². The molecule has 2 heterocycles. The molecule has 1 aromatic rings. The molecule has 1 fully saturated rings. The van der Waals surface area contributed by atoms with Crippen molar-refractivity contribution in [2.24, 2.45) is 0 Å². The van der Waals surface area contributed by atoms with Crippen LogP contribution in [-0.2, 0) is 9.84 Å². The number of piperidine rings is 1. The minimum absolute atomic E-state index is 0.0138. The molecule has 2 rings (SSSR count). The molecule has 0 N–H and O–H groups in total. The van der Waals surface area contributed by atoms with Crippen LogP contribution in [0.25, 0.3) is 0 Å². The van der Waals surface area contributed by atoms with Gasteiger partial charge in [-0.2, -0.15) is 0 Å².